The first kappa shape index (κ1) is 17.1. The van der Waals surface area contributed by atoms with Gasteiger partial charge < -0.3 is 15.5 Å². The second-order valence-electron chi connectivity index (χ2n) is 5.99. The van der Waals surface area contributed by atoms with Crippen molar-refractivity contribution < 1.29 is 0 Å². The largest absolute Gasteiger partial charge is 0.370 e. The summed E-state index contributed by atoms with van der Waals surface area (Å²) in [5.74, 6) is 2.37. The summed E-state index contributed by atoms with van der Waals surface area (Å²) in [7, 11) is 3.99. The van der Waals surface area contributed by atoms with E-state index >= 15 is 0 Å². The molecule has 0 aliphatic carbocycles. The zero-order chi connectivity index (χ0) is 16.7. The number of nitrogens with one attached hydrogen (secondary N) is 2. The first-order valence-electron chi connectivity index (χ1n) is 7.98. The van der Waals surface area contributed by atoms with Crippen LogP contribution in [0.5, 0.6) is 0 Å². The SMILES string of the molecule is CNCCN(C)c1ccc(-c2cc(NCC(C)C)ncn2)cn1. The first-order valence-corrected chi connectivity index (χ1v) is 7.98. The maximum Gasteiger partial charge on any atom is 0.129 e. The lowest BCUT2D eigenvalue weighted by atomic mass is 10.2. The van der Waals surface area contributed by atoms with E-state index in [1.54, 1.807) is 6.33 Å². The fraction of sp³-hybridized carbons (Fsp3) is 0.471. The average molecular weight is 314 g/mol. The zero-order valence-corrected chi connectivity index (χ0v) is 14.4. The van der Waals surface area contributed by atoms with Gasteiger partial charge in [-0.1, -0.05) is 13.8 Å². The molecule has 2 heterocycles. The van der Waals surface area contributed by atoms with E-state index in [1.165, 1.54) is 0 Å². The summed E-state index contributed by atoms with van der Waals surface area (Å²) < 4.78 is 0. The maximum atomic E-state index is 4.53. The van der Waals surface area contributed by atoms with Crippen LogP contribution in [0.25, 0.3) is 11.3 Å². The highest BCUT2D eigenvalue weighted by molar-refractivity contribution is 5.62. The second kappa shape index (κ2) is 8.43. The molecule has 0 radical (unpaired) electrons. The molecule has 0 saturated heterocycles. The zero-order valence-electron chi connectivity index (χ0n) is 14.4. The fourth-order valence-electron chi connectivity index (χ4n) is 2.08. The normalized spacial score (nSPS) is 10.8. The van der Waals surface area contributed by atoms with Crippen LogP contribution in [0, 0.1) is 5.92 Å². The minimum absolute atomic E-state index is 0.572. The quantitative estimate of drug-likeness (QED) is 0.779. The Bertz CT molecular complexity index is 596. The standard InChI is InChI=1S/C17H26N6/c1-13(2)10-19-16-9-15(21-12-22-16)14-5-6-17(20-11-14)23(4)8-7-18-3/h5-6,9,11-13,18H,7-8,10H2,1-4H3,(H,19,21,22). The van der Waals surface area contributed by atoms with Crippen molar-refractivity contribution in [3.63, 3.8) is 0 Å². The summed E-state index contributed by atoms with van der Waals surface area (Å²) in [5, 5.41) is 6.46. The molecule has 2 aromatic rings. The molecule has 2 rings (SSSR count). The number of likely N-dealkylation sites (N-methyl/N-ethyl adjacent to an activating group) is 2. The Morgan fingerprint density at radius 1 is 1.17 bits per heavy atom. The second-order valence-corrected chi connectivity index (χ2v) is 5.99. The van der Waals surface area contributed by atoms with Crippen LogP contribution in [0.2, 0.25) is 0 Å². The molecule has 0 amide bonds. The fourth-order valence-corrected chi connectivity index (χ4v) is 2.08. The van der Waals surface area contributed by atoms with Crippen molar-refractivity contribution in [1.82, 2.24) is 20.3 Å². The number of hydrogen-bond donors (Lipinski definition) is 2. The molecule has 0 aromatic carbocycles. The molecule has 124 valence electrons. The van der Waals surface area contributed by atoms with Gasteiger partial charge >= 0.3 is 0 Å². The van der Waals surface area contributed by atoms with Crippen LogP contribution in [0.3, 0.4) is 0 Å². The highest BCUT2D eigenvalue weighted by atomic mass is 15.2. The van der Waals surface area contributed by atoms with Crippen LogP contribution in [-0.4, -0.2) is 48.7 Å². The van der Waals surface area contributed by atoms with Gasteiger partial charge in [-0.25, -0.2) is 15.0 Å². The predicted octanol–water partition coefficient (Wildman–Crippen LogP) is 2.26. The van der Waals surface area contributed by atoms with Gasteiger partial charge in [0.25, 0.3) is 0 Å². The molecular formula is C17H26N6. The monoisotopic (exact) mass is 314 g/mol. The third-order valence-corrected chi connectivity index (χ3v) is 3.49. The highest BCUT2D eigenvalue weighted by Gasteiger charge is 2.06. The van der Waals surface area contributed by atoms with Crippen LogP contribution in [0.4, 0.5) is 11.6 Å². The van der Waals surface area contributed by atoms with Gasteiger partial charge in [0, 0.05) is 44.5 Å². The molecule has 0 unspecified atom stereocenters. The van der Waals surface area contributed by atoms with Crippen molar-refractivity contribution in [3.05, 3.63) is 30.7 Å². The Morgan fingerprint density at radius 2 is 2.00 bits per heavy atom. The van der Waals surface area contributed by atoms with Gasteiger partial charge in [-0.05, 0) is 25.1 Å². The van der Waals surface area contributed by atoms with Gasteiger partial charge in [0.05, 0.1) is 5.69 Å². The van der Waals surface area contributed by atoms with E-state index in [0.29, 0.717) is 5.92 Å². The number of anilines is 2. The van der Waals surface area contributed by atoms with Gasteiger partial charge in [-0.15, -0.1) is 0 Å². The van der Waals surface area contributed by atoms with E-state index in [4.69, 9.17) is 0 Å². The van der Waals surface area contributed by atoms with Gasteiger partial charge in [0.15, 0.2) is 0 Å². The molecule has 23 heavy (non-hydrogen) atoms. The Hall–Kier alpha value is -2.21. The van der Waals surface area contributed by atoms with Gasteiger partial charge in [-0.2, -0.15) is 0 Å². The van der Waals surface area contributed by atoms with Gasteiger partial charge in [-0.3, -0.25) is 0 Å². The summed E-state index contributed by atoms with van der Waals surface area (Å²) in [6.07, 6.45) is 3.45. The Balaban J connectivity index is 2.08. The van der Waals surface area contributed by atoms with Crippen molar-refractivity contribution in [1.29, 1.82) is 0 Å². The van der Waals surface area contributed by atoms with E-state index < -0.39 is 0 Å². The number of hydrogen-bond acceptors (Lipinski definition) is 6. The van der Waals surface area contributed by atoms with E-state index in [-0.39, 0.29) is 0 Å². The van der Waals surface area contributed by atoms with E-state index in [0.717, 1.165) is 42.5 Å². The molecule has 6 heteroatoms. The molecule has 0 bridgehead atoms. The van der Waals surface area contributed by atoms with Crippen LogP contribution in [-0.2, 0) is 0 Å². The lowest BCUT2D eigenvalue weighted by Crippen LogP contribution is -2.27. The summed E-state index contributed by atoms with van der Waals surface area (Å²) >= 11 is 0. The average Bonchev–Trinajstić information content (AvgIpc) is 2.58. The van der Waals surface area contributed by atoms with Crippen molar-refractivity contribution in [2.45, 2.75) is 13.8 Å². The molecule has 0 fully saturated rings. The predicted molar refractivity (Wildman–Crippen MR) is 95.8 cm³/mol. The molecule has 2 N–H and O–H groups in total. The summed E-state index contributed by atoms with van der Waals surface area (Å²) in [6.45, 7) is 7.07. The maximum absolute atomic E-state index is 4.53. The van der Waals surface area contributed by atoms with Crippen molar-refractivity contribution in [2.75, 3.05) is 43.9 Å². The first-order chi connectivity index (χ1) is 11.1. The van der Waals surface area contributed by atoms with E-state index in [2.05, 4.69) is 44.3 Å². The summed E-state index contributed by atoms with van der Waals surface area (Å²) in [5.41, 5.74) is 1.87. The molecule has 0 spiro atoms. The molecule has 2 aromatic heterocycles. The molecule has 6 nitrogen and oxygen atoms in total. The number of nitrogens with zero attached hydrogens (tertiary/aromatic N) is 4. The van der Waals surface area contributed by atoms with Gasteiger partial charge in [0.2, 0.25) is 0 Å². The lowest BCUT2D eigenvalue weighted by Gasteiger charge is -2.17. The molecule has 0 aliphatic rings. The highest BCUT2D eigenvalue weighted by Crippen LogP contribution is 2.20. The number of rotatable bonds is 8. The molecule has 0 aliphatic heterocycles. The van der Waals surface area contributed by atoms with E-state index in [1.807, 2.05) is 38.5 Å². The van der Waals surface area contributed by atoms with Crippen LogP contribution in [0.15, 0.2) is 30.7 Å². The third kappa shape index (κ3) is 5.17. The smallest absolute Gasteiger partial charge is 0.129 e. The third-order valence-electron chi connectivity index (χ3n) is 3.49. The van der Waals surface area contributed by atoms with Crippen molar-refractivity contribution >= 4 is 11.6 Å². The number of pyridine rings is 1. The van der Waals surface area contributed by atoms with Crippen LogP contribution >= 0.6 is 0 Å². The van der Waals surface area contributed by atoms with Crippen LogP contribution in [0.1, 0.15) is 13.8 Å². The van der Waals surface area contributed by atoms with Gasteiger partial charge in [0.1, 0.15) is 18.0 Å². The Labute approximate surface area is 138 Å². The molecule has 0 atom stereocenters. The minimum atomic E-state index is 0.572. The van der Waals surface area contributed by atoms with Crippen molar-refractivity contribution in [2.24, 2.45) is 5.92 Å². The minimum Gasteiger partial charge on any atom is -0.370 e. The lowest BCUT2D eigenvalue weighted by molar-refractivity contribution is 0.687. The molecule has 0 saturated carbocycles. The number of aromatic nitrogens is 3. The summed E-state index contributed by atoms with van der Waals surface area (Å²) in [6, 6.07) is 6.03. The topological polar surface area (TPSA) is 66.0 Å². The van der Waals surface area contributed by atoms with Crippen LogP contribution < -0.4 is 15.5 Å². The molecular weight excluding hydrogens is 288 g/mol. The Kier molecular flexibility index (Phi) is 6.29. The summed E-state index contributed by atoms with van der Waals surface area (Å²) in [4.78, 5) is 15.3. The van der Waals surface area contributed by atoms with Crippen molar-refractivity contribution in [3.8, 4) is 11.3 Å². The van der Waals surface area contributed by atoms with E-state index in [9.17, 15) is 0 Å². The Morgan fingerprint density at radius 3 is 2.65 bits per heavy atom.